The van der Waals surface area contributed by atoms with Crippen LogP contribution in [-0.2, 0) is 0 Å². The second kappa shape index (κ2) is 7.26. The van der Waals surface area contributed by atoms with E-state index in [1.54, 1.807) is 6.07 Å². The summed E-state index contributed by atoms with van der Waals surface area (Å²) in [6.45, 7) is 2.24. The molecule has 0 saturated carbocycles. The molecule has 7 heteroatoms. The molecule has 1 saturated heterocycles. The van der Waals surface area contributed by atoms with Crippen LogP contribution in [0.1, 0.15) is 41.2 Å². The standard InChI is InChI=1S/C20H21N3O4/c24-20(21-17-9-12-27-19-6-2-1-5-15(17)19)16-13-14(23(25)26)7-8-18(16)22-10-3-4-11-22/h1-2,5-8,13,17H,3-4,9-12H2,(H,21,24). The summed E-state index contributed by atoms with van der Waals surface area (Å²) in [5.41, 5.74) is 1.98. The average molecular weight is 367 g/mol. The number of para-hydroxylation sites is 1. The van der Waals surface area contributed by atoms with Crippen molar-refractivity contribution in [2.45, 2.75) is 25.3 Å². The van der Waals surface area contributed by atoms with Crippen molar-refractivity contribution in [1.82, 2.24) is 5.32 Å². The van der Waals surface area contributed by atoms with Crippen LogP contribution in [-0.4, -0.2) is 30.5 Å². The number of hydrogen-bond donors (Lipinski definition) is 1. The lowest BCUT2D eigenvalue weighted by atomic mass is 10.00. The minimum atomic E-state index is -0.464. The molecule has 1 N–H and O–H groups in total. The Morgan fingerprint density at radius 3 is 2.74 bits per heavy atom. The number of carbonyl (C=O) groups excluding carboxylic acids is 1. The monoisotopic (exact) mass is 367 g/mol. The fourth-order valence-electron chi connectivity index (χ4n) is 3.78. The first-order valence-corrected chi connectivity index (χ1v) is 9.19. The number of nitro groups is 1. The van der Waals surface area contributed by atoms with Crippen LogP contribution in [0.3, 0.4) is 0 Å². The first kappa shape index (κ1) is 17.3. The van der Waals surface area contributed by atoms with Crippen LogP contribution in [0.25, 0.3) is 0 Å². The topological polar surface area (TPSA) is 84.7 Å². The first-order valence-electron chi connectivity index (χ1n) is 9.19. The van der Waals surface area contributed by atoms with Crippen LogP contribution in [0.15, 0.2) is 42.5 Å². The Balaban J connectivity index is 1.65. The lowest BCUT2D eigenvalue weighted by molar-refractivity contribution is -0.384. The number of hydrogen-bond acceptors (Lipinski definition) is 5. The molecule has 1 unspecified atom stereocenters. The van der Waals surface area contributed by atoms with E-state index in [0.29, 0.717) is 18.6 Å². The number of anilines is 1. The number of ether oxygens (including phenoxy) is 1. The predicted molar refractivity (Wildman–Crippen MR) is 101 cm³/mol. The highest BCUT2D eigenvalue weighted by Crippen LogP contribution is 2.33. The van der Waals surface area contributed by atoms with Crippen LogP contribution < -0.4 is 15.0 Å². The highest BCUT2D eigenvalue weighted by Gasteiger charge is 2.27. The highest BCUT2D eigenvalue weighted by atomic mass is 16.6. The smallest absolute Gasteiger partial charge is 0.270 e. The number of nitrogens with zero attached hydrogens (tertiary/aromatic N) is 2. The third-order valence-corrected chi connectivity index (χ3v) is 5.15. The Kier molecular flexibility index (Phi) is 4.66. The SMILES string of the molecule is O=C(NC1CCOc2ccccc21)c1cc([N+](=O)[O-])ccc1N1CCCC1. The number of amides is 1. The minimum Gasteiger partial charge on any atom is -0.493 e. The summed E-state index contributed by atoms with van der Waals surface area (Å²) in [4.78, 5) is 25.9. The van der Waals surface area contributed by atoms with Crippen molar-refractivity contribution in [2.24, 2.45) is 0 Å². The Hall–Kier alpha value is -3.09. The normalized spacial score (nSPS) is 18.5. The van der Waals surface area contributed by atoms with E-state index < -0.39 is 4.92 Å². The predicted octanol–water partition coefficient (Wildman–Crippen LogP) is 3.45. The Labute approximate surface area is 157 Å². The van der Waals surface area contributed by atoms with Gasteiger partial charge in [0.15, 0.2) is 0 Å². The Morgan fingerprint density at radius 1 is 1.19 bits per heavy atom. The summed E-state index contributed by atoms with van der Waals surface area (Å²) in [7, 11) is 0. The summed E-state index contributed by atoms with van der Waals surface area (Å²) in [5.74, 6) is 0.482. The Morgan fingerprint density at radius 2 is 1.96 bits per heavy atom. The molecule has 0 bridgehead atoms. The molecular weight excluding hydrogens is 346 g/mol. The lowest BCUT2D eigenvalue weighted by Crippen LogP contribution is -2.33. The molecule has 2 aromatic rings. The van der Waals surface area contributed by atoms with Crippen molar-refractivity contribution in [2.75, 3.05) is 24.6 Å². The van der Waals surface area contributed by atoms with Gasteiger partial charge in [-0.2, -0.15) is 0 Å². The number of carbonyl (C=O) groups is 1. The number of rotatable bonds is 4. The van der Waals surface area contributed by atoms with Gasteiger partial charge in [-0.05, 0) is 25.0 Å². The maximum absolute atomic E-state index is 13.1. The number of nitro benzene ring substituents is 1. The number of benzene rings is 2. The van der Waals surface area contributed by atoms with Crippen molar-refractivity contribution >= 4 is 17.3 Å². The second-order valence-corrected chi connectivity index (χ2v) is 6.85. The third kappa shape index (κ3) is 3.45. The van der Waals surface area contributed by atoms with Gasteiger partial charge in [-0.15, -0.1) is 0 Å². The molecule has 2 heterocycles. The van der Waals surface area contributed by atoms with E-state index in [2.05, 4.69) is 10.2 Å². The maximum Gasteiger partial charge on any atom is 0.270 e. The van der Waals surface area contributed by atoms with Crippen molar-refractivity contribution in [3.8, 4) is 5.75 Å². The van der Waals surface area contributed by atoms with Gasteiger partial charge in [-0.3, -0.25) is 14.9 Å². The minimum absolute atomic E-state index is 0.0736. The van der Waals surface area contributed by atoms with Crippen LogP contribution in [0.5, 0.6) is 5.75 Å². The van der Waals surface area contributed by atoms with E-state index in [0.717, 1.165) is 42.9 Å². The Bertz CT molecular complexity index is 877. The molecule has 27 heavy (non-hydrogen) atoms. The van der Waals surface area contributed by atoms with Gasteiger partial charge in [0.05, 0.1) is 28.8 Å². The van der Waals surface area contributed by atoms with Gasteiger partial charge in [0, 0.05) is 37.2 Å². The van der Waals surface area contributed by atoms with Crippen molar-refractivity contribution in [1.29, 1.82) is 0 Å². The molecule has 0 spiro atoms. The van der Waals surface area contributed by atoms with Gasteiger partial charge in [-0.25, -0.2) is 0 Å². The van der Waals surface area contributed by atoms with E-state index in [1.165, 1.54) is 12.1 Å². The number of nitrogens with one attached hydrogen (secondary N) is 1. The molecule has 2 aromatic carbocycles. The van der Waals surface area contributed by atoms with E-state index >= 15 is 0 Å². The van der Waals surface area contributed by atoms with Gasteiger partial charge in [0.2, 0.25) is 0 Å². The molecule has 7 nitrogen and oxygen atoms in total. The van der Waals surface area contributed by atoms with Gasteiger partial charge in [0.1, 0.15) is 5.75 Å². The molecule has 0 aliphatic carbocycles. The zero-order valence-corrected chi connectivity index (χ0v) is 14.9. The summed E-state index contributed by atoms with van der Waals surface area (Å²) in [6, 6.07) is 12.0. The van der Waals surface area contributed by atoms with Gasteiger partial charge in [0.25, 0.3) is 11.6 Å². The van der Waals surface area contributed by atoms with Crippen molar-refractivity contribution in [3.63, 3.8) is 0 Å². The fourth-order valence-corrected chi connectivity index (χ4v) is 3.78. The van der Waals surface area contributed by atoms with Gasteiger partial charge >= 0.3 is 0 Å². The maximum atomic E-state index is 13.1. The molecule has 0 aromatic heterocycles. The molecule has 1 fully saturated rings. The van der Waals surface area contributed by atoms with Crippen LogP contribution in [0.2, 0.25) is 0 Å². The molecule has 2 aliphatic rings. The van der Waals surface area contributed by atoms with Gasteiger partial charge < -0.3 is 15.0 Å². The summed E-state index contributed by atoms with van der Waals surface area (Å²) < 4.78 is 5.65. The van der Waals surface area contributed by atoms with E-state index in [-0.39, 0.29) is 17.6 Å². The van der Waals surface area contributed by atoms with E-state index in [4.69, 9.17) is 4.74 Å². The van der Waals surface area contributed by atoms with Crippen LogP contribution in [0, 0.1) is 10.1 Å². The highest BCUT2D eigenvalue weighted by molar-refractivity contribution is 6.00. The molecule has 1 atom stereocenters. The quantitative estimate of drug-likeness (QED) is 0.661. The number of non-ortho nitro benzene ring substituents is 1. The average Bonchev–Trinajstić information content (AvgIpc) is 3.22. The summed E-state index contributed by atoms with van der Waals surface area (Å²) in [6.07, 6.45) is 2.79. The molecular formula is C20H21N3O4. The molecule has 140 valence electrons. The lowest BCUT2D eigenvalue weighted by Gasteiger charge is -2.27. The van der Waals surface area contributed by atoms with Crippen molar-refractivity contribution < 1.29 is 14.5 Å². The largest absolute Gasteiger partial charge is 0.493 e. The van der Waals surface area contributed by atoms with Crippen molar-refractivity contribution in [3.05, 3.63) is 63.7 Å². The molecule has 4 rings (SSSR count). The zero-order valence-electron chi connectivity index (χ0n) is 14.9. The van der Waals surface area contributed by atoms with Crippen LogP contribution in [0.4, 0.5) is 11.4 Å². The first-order chi connectivity index (χ1) is 13.1. The third-order valence-electron chi connectivity index (χ3n) is 5.15. The fraction of sp³-hybridized carbons (Fsp3) is 0.350. The second-order valence-electron chi connectivity index (χ2n) is 6.85. The van der Waals surface area contributed by atoms with Crippen LogP contribution >= 0.6 is 0 Å². The van der Waals surface area contributed by atoms with Gasteiger partial charge in [-0.1, -0.05) is 18.2 Å². The molecule has 1 amide bonds. The molecule has 0 radical (unpaired) electrons. The van der Waals surface area contributed by atoms with E-state index in [1.807, 2.05) is 24.3 Å². The zero-order chi connectivity index (χ0) is 18.8. The summed E-state index contributed by atoms with van der Waals surface area (Å²) in [5, 5.41) is 14.3. The molecule has 2 aliphatic heterocycles. The summed E-state index contributed by atoms with van der Waals surface area (Å²) >= 11 is 0. The number of fused-ring (bicyclic) bond motifs is 1. The van der Waals surface area contributed by atoms with E-state index in [9.17, 15) is 14.9 Å².